The molecule has 0 aliphatic rings. The number of rotatable bonds is 2. The Morgan fingerprint density at radius 1 is 1.15 bits per heavy atom. The number of para-hydroxylation sites is 1. The minimum atomic E-state index is 1.01. The van der Waals surface area contributed by atoms with Gasteiger partial charge in [-0.3, -0.25) is 0 Å². The molecule has 1 aromatic heterocycles. The van der Waals surface area contributed by atoms with Crippen LogP contribution in [0.5, 0.6) is 0 Å². The zero-order valence-corrected chi connectivity index (χ0v) is 7.64. The van der Waals surface area contributed by atoms with Crippen molar-refractivity contribution < 1.29 is 0 Å². The maximum atomic E-state index is 4.27. The minimum absolute atomic E-state index is 1.01. The quantitative estimate of drug-likeness (QED) is 0.680. The molecule has 0 fully saturated rings. The largest absolute Gasteiger partial charge is 0.238 e. The maximum Gasteiger partial charge on any atom is 0.0648 e. The van der Waals surface area contributed by atoms with Crippen LogP contribution in [-0.4, -0.2) is 9.78 Å². The summed E-state index contributed by atoms with van der Waals surface area (Å²) >= 11 is 0. The fraction of sp³-hybridized carbons (Fsp3) is 0.182. The first-order valence-corrected chi connectivity index (χ1v) is 4.50. The second-order valence-electron chi connectivity index (χ2n) is 2.92. The monoisotopic (exact) mass is 172 g/mol. The Hall–Kier alpha value is -1.57. The Kier molecular flexibility index (Phi) is 2.13. The van der Waals surface area contributed by atoms with Gasteiger partial charge < -0.3 is 0 Å². The highest BCUT2D eigenvalue weighted by atomic mass is 15.3. The van der Waals surface area contributed by atoms with Gasteiger partial charge in [-0.25, -0.2) is 4.68 Å². The van der Waals surface area contributed by atoms with Gasteiger partial charge >= 0.3 is 0 Å². The molecule has 0 atom stereocenters. The topological polar surface area (TPSA) is 17.8 Å². The first-order chi connectivity index (χ1) is 6.42. The van der Waals surface area contributed by atoms with Gasteiger partial charge in [0.2, 0.25) is 0 Å². The maximum absolute atomic E-state index is 4.27. The van der Waals surface area contributed by atoms with Crippen molar-refractivity contribution in [1.29, 1.82) is 0 Å². The highest BCUT2D eigenvalue weighted by Gasteiger charge is 2.00. The summed E-state index contributed by atoms with van der Waals surface area (Å²) in [6.07, 6.45) is 2.85. The molecule has 0 spiro atoms. The smallest absolute Gasteiger partial charge is 0.0648 e. The SMILES string of the molecule is CCc1ccnn1-c1ccccc1. The van der Waals surface area contributed by atoms with Crippen molar-refractivity contribution in [3.8, 4) is 5.69 Å². The van der Waals surface area contributed by atoms with Gasteiger partial charge in [0.1, 0.15) is 0 Å². The Morgan fingerprint density at radius 3 is 2.62 bits per heavy atom. The summed E-state index contributed by atoms with van der Waals surface area (Å²) in [5, 5.41) is 4.27. The molecular formula is C11H12N2. The van der Waals surface area contributed by atoms with E-state index in [0.717, 1.165) is 12.1 Å². The minimum Gasteiger partial charge on any atom is -0.238 e. The summed E-state index contributed by atoms with van der Waals surface area (Å²) in [4.78, 5) is 0. The molecule has 0 radical (unpaired) electrons. The Labute approximate surface area is 77.8 Å². The van der Waals surface area contributed by atoms with Gasteiger partial charge in [-0.15, -0.1) is 0 Å². The van der Waals surface area contributed by atoms with Crippen molar-refractivity contribution in [2.45, 2.75) is 13.3 Å². The van der Waals surface area contributed by atoms with Crippen LogP contribution in [0.25, 0.3) is 5.69 Å². The molecule has 2 heteroatoms. The molecule has 0 saturated carbocycles. The molecule has 0 unspecified atom stereocenters. The average Bonchev–Trinajstić information content (AvgIpc) is 2.67. The molecule has 0 aliphatic heterocycles. The Bertz CT molecular complexity index is 376. The van der Waals surface area contributed by atoms with Crippen molar-refractivity contribution in [1.82, 2.24) is 9.78 Å². The van der Waals surface area contributed by atoms with Crippen LogP contribution < -0.4 is 0 Å². The molecule has 0 bridgehead atoms. The Balaban J connectivity index is 2.47. The van der Waals surface area contributed by atoms with Crippen LogP contribution in [0.2, 0.25) is 0 Å². The van der Waals surface area contributed by atoms with Gasteiger partial charge in [0.15, 0.2) is 0 Å². The number of aromatic nitrogens is 2. The summed E-state index contributed by atoms with van der Waals surface area (Å²) in [5.74, 6) is 0. The lowest BCUT2D eigenvalue weighted by Crippen LogP contribution is -2.00. The normalized spacial score (nSPS) is 10.2. The molecule has 1 aromatic carbocycles. The second-order valence-corrected chi connectivity index (χ2v) is 2.92. The fourth-order valence-corrected chi connectivity index (χ4v) is 1.40. The van der Waals surface area contributed by atoms with Gasteiger partial charge in [-0.05, 0) is 24.6 Å². The van der Waals surface area contributed by atoms with Crippen LogP contribution in [0, 0.1) is 0 Å². The lowest BCUT2D eigenvalue weighted by molar-refractivity contribution is 0.814. The van der Waals surface area contributed by atoms with E-state index in [4.69, 9.17) is 0 Å². The van der Waals surface area contributed by atoms with Crippen molar-refractivity contribution in [2.75, 3.05) is 0 Å². The van der Waals surface area contributed by atoms with Gasteiger partial charge in [0, 0.05) is 11.9 Å². The number of hydrogen-bond acceptors (Lipinski definition) is 1. The molecule has 0 aliphatic carbocycles. The zero-order valence-electron chi connectivity index (χ0n) is 7.64. The standard InChI is InChI=1S/C11H12N2/c1-2-10-8-9-12-13(10)11-6-4-3-5-7-11/h3-9H,2H2,1H3. The fourth-order valence-electron chi connectivity index (χ4n) is 1.40. The third-order valence-electron chi connectivity index (χ3n) is 2.08. The van der Waals surface area contributed by atoms with Crippen molar-refractivity contribution in [2.24, 2.45) is 0 Å². The van der Waals surface area contributed by atoms with E-state index in [-0.39, 0.29) is 0 Å². The van der Waals surface area contributed by atoms with E-state index in [0.29, 0.717) is 0 Å². The molecule has 66 valence electrons. The third-order valence-corrected chi connectivity index (χ3v) is 2.08. The lowest BCUT2D eigenvalue weighted by atomic mass is 10.3. The van der Waals surface area contributed by atoms with Crippen molar-refractivity contribution in [3.05, 3.63) is 48.3 Å². The summed E-state index contributed by atoms with van der Waals surface area (Å²) in [6, 6.07) is 12.2. The second kappa shape index (κ2) is 3.44. The molecule has 0 amide bonds. The van der Waals surface area contributed by atoms with Gasteiger partial charge in [-0.1, -0.05) is 25.1 Å². The molecule has 2 rings (SSSR count). The number of aryl methyl sites for hydroxylation is 1. The predicted octanol–water partition coefficient (Wildman–Crippen LogP) is 2.43. The number of benzene rings is 1. The van der Waals surface area contributed by atoms with Gasteiger partial charge in [-0.2, -0.15) is 5.10 Å². The van der Waals surface area contributed by atoms with Crippen molar-refractivity contribution >= 4 is 0 Å². The number of hydrogen-bond donors (Lipinski definition) is 0. The summed E-state index contributed by atoms with van der Waals surface area (Å²) in [6.45, 7) is 2.14. The van der Waals surface area contributed by atoms with Gasteiger partial charge in [0.25, 0.3) is 0 Å². The first-order valence-electron chi connectivity index (χ1n) is 4.50. The van der Waals surface area contributed by atoms with E-state index < -0.39 is 0 Å². The van der Waals surface area contributed by atoms with Crippen LogP contribution in [0.1, 0.15) is 12.6 Å². The summed E-state index contributed by atoms with van der Waals surface area (Å²) in [5.41, 5.74) is 2.37. The van der Waals surface area contributed by atoms with Crippen LogP contribution >= 0.6 is 0 Å². The van der Waals surface area contributed by atoms with E-state index >= 15 is 0 Å². The molecule has 13 heavy (non-hydrogen) atoms. The summed E-state index contributed by atoms with van der Waals surface area (Å²) < 4.78 is 1.97. The molecule has 1 heterocycles. The van der Waals surface area contributed by atoms with Crippen LogP contribution in [0.15, 0.2) is 42.6 Å². The lowest BCUT2D eigenvalue weighted by Gasteiger charge is -2.04. The van der Waals surface area contributed by atoms with Crippen LogP contribution in [-0.2, 0) is 6.42 Å². The van der Waals surface area contributed by atoms with E-state index in [2.05, 4.69) is 24.2 Å². The van der Waals surface area contributed by atoms with E-state index in [9.17, 15) is 0 Å². The molecule has 2 nitrogen and oxygen atoms in total. The van der Waals surface area contributed by atoms with Gasteiger partial charge in [0.05, 0.1) is 5.69 Å². The van der Waals surface area contributed by atoms with Crippen LogP contribution in [0.4, 0.5) is 0 Å². The highest BCUT2D eigenvalue weighted by molar-refractivity contribution is 5.32. The van der Waals surface area contributed by atoms with E-state index in [1.54, 1.807) is 0 Å². The highest BCUT2D eigenvalue weighted by Crippen LogP contribution is 2.09. The predicted molar refractivity (Wildman–Crippen MR) is 52.9 cm³/mol. The van der Waals surface area contributed by atoms with E-state index in [1.807, 2.05) is 35.1 Å². The third kappa shape index (κ3) is 1.47. The average molecular weight is 172 g/mol. The molecule has 0 saturated heterocycles. The number of nitrogens with zero attached hydrogens (tertiary/aromatic N) is 2. The first kappa shape index (κ1) is 8.05. The zero-order chi connectivity index (χ0) is 9.10. The summed E-state index contributed by atoms with van der Waals surface area (Å²) in [7, 11) is 0. The molecular weight excluding hydrogens is 160 g/mol. The molecule has 0 N–H and O–H groups in total. The van der Waals surface area contributed by atoms with E-state index in [1.165, 1.54) is 5.69 Å². The Morgan fingerprint density at radius 2 is 1.92 bits per heavy atom. The van der Waals surface area contributed by atoms with Crippen LogP contribution in [0.3, 0.4) is 0 Å². The molecule has 2 aromatic rings. The van der Waals surface area contributed by atoms with Crippen molar-refractivity contribution in [3.63, 3.8) is 0 Å².